The number of nitrogens with zero attached hydrogens (tertiary/aromatic N) is 2. The summed E-state index contributed by atoms with van der Waals surface area (Å²) in [4.78, 5) is 17.3. The van der Waals surface area contributed by atoms with Gasteiger partial charge in [-0.2, -0.15) is 0 Å². The molecule has 0 bridgehead atoms. The van der Waals surface area contributed by atoms with E-state index in [0.29, 0.717) is 13.1 Å². The van der Waals surface area contributed by atoms with Crippen molar-refractivity contribution in [3.05, 3.63) is 18.3 Å². The molecule has 0 saturated heterocycles. The summed E-state index contributed by atoms with van der Waals surface area (Å²) in [5, 5.41) is 2.97. The molecule has 0 aliphatic carbocycles. The topological polar surface area (TPSA) is 45.2 Å². The summed E-state index contributed by atoms with van der Waals surface area (Å²) in [7, 11) is 0. The van der Waals surface area contributed by atoms with Crippen LogP contribution < -0.4 is 10.2 Å². The Kier molecular flexibility index (Phi) is 1.88. The standard InChI is InChI=1S/C9H11N3O/c1-2-12-7-4-3-5-10-9(7)11-6-8(12)13/h3-5H,2,6H2,1H3,(H,10,11). The first-order valence-electron chi connectivity index (χ1n) is 4.32. The van der Waals surface area contributed by atoms with Gasteiger partial charge in [-0.3, -0.25) is 4.79 Å². The fraction of sp³-hybridized carbons (Fsp3) is 0.333. The quantitative estimate of drug-likeness (QED) is 0.692. The van der Waals surface area contributed by atoms with E-state index in [-0.39, 0.29) is 5.91 Å². The van der Waals surface area contributed by atoms with Crippen molar-refractivity contribution in [2.45, 2.75) is 6.92 Å². The maximum Gasteiger partial charge on any atom is 0.246 e. The normalized spacial score (nSPS) is 15.2. The van der Waals surface area contributed by atoms with Gasteiger partial charge in [-0.1, -0.05) is 0 Å². The number of likely N-dealkylation sites (N-methyl/N-ethyl adjacent to an activating group) is 1. The van der Waals surface area contributed by atoms with Crippen LogP contribution in [0.25, 0.3) is 0 Å². The summed E-state index contributed by atoms with van der Waals surface area (Å²) in [5.41, 5.74) is 0.876. The maximum absolute atomic E-state index is 11.4. The monoisotopic (exact) mass is 177 g/mol. The first kappa shape index (κ1) is 8.04. The zero-order valence-corrected chi connectivity index (χ0v) is 7.45. The van der Waals surface area contributed by atoms with E-state index in [2.05, 4.69) is 10.3 Å². The van der Waals surface area contributed by atoms with Crippen LogP contribution in [0.5, 0.6) is 0 Å². The van der Waals surface area contributed by atoms with Gasteiger partial charge < -0.3 is 10.2 Å². The lowest BCUT2D eigenvalue weighted by Gasteiger charge is -2.27. The zero-order chi connectivity index (χ0) is 9.26. The number of carbonyl (C=O) groups is 1. The number of anilines is 2. The number of aromatic nitrogens is 1. The van der Waals surface area contributed by atoms with E-state index in [1.54, 1.807) is 11.1 Å². The van der Waals surface area contributed by atoms with Gasteiger partial charge in [0.25, 0.3) is 0 Å². The fourth-order valence-electron chi connectivity index (χ4n) is 1.49. The second-order valence-electron chi connectivity index (χ2n) is 2.86. The molecule has 1 aromatic heterocycles. The van der Waals surface area contributed by atoms with Crippen LogP contribution in [-0.4, -0.2) is 24.0 Å². The van der Waals surface area contributed by atoms with Crippen LogP contribution in [0.15, 0.2) is 18.3 Å². The summed E-state index contributed by atoms with van der Waals surface area (Å²) in [5.74, 6) is 0.895. The average molecular weight is 177 g/mol. The number of hydrogen-bond donors (Lipinski definition) is 1. The minimum Gasteiger partial charge on any atom is -0.359 e. The third kappa shape index (κ3) is 1.24. The largest absolute Gasteiger partial charge is 0.359 e. The van der Waals surface area contributed by atoms with Gasteiger partial charge >= 0.3 is 0 Å². The van der Waals surface area contributed by atoms with Crippen LogP contribution >= 0.6 is 0 Å². The SMILES string of the molecule is CCN1C(=O)CNc2ncccc21. The second-order valence-corrected chi connectivity index (χ2v) is 2.86. The maximum atomic E-state index is 11.4. The lowest BCUT2D eigenvalue weighted by molar-refractivity contribution is -0.117. The van der Waals surface area contributed by atoms with Crippen LogP contribution in [0.2, 0.25) is 0 Å². The Balaban J connectivity index is 2.45. The van der Waals surface area contributed by atoms with Gasteiger partial charge in [-0.05, 0) is 19.1 Å². The minimum absolute atomic E-state index is 0.100. The number of fused-ring (bicyclic) bond motifs is 1. The molecular weight excluding hydrogens is 166 g/mol. The molecule has 2 rings (SSSR count). The molecule has 0 radical (unpaired) electrons. The molecular formula is C9H11N3O. The molecule has 0 unspecified atom stereocenters. The molecule has 0 fully saturated rings. The van der Waals surface area contributed by atoms with Gasteiger partial charge in [-0.25, -0.2) is 4.98 Å². The molecule has 0 atom stereocenters. The molecule has 0 aromatic carbocycles. The van der Waals surface area contributed by atoms with E-state index < -0.39 is 0 Å². The predicted molar refractivity (Wildman–Crippen MR) is 50.8 cm³/mol. The minimum atomic E-state index is 0.100. The third-order valence-corrected chi connectivity index (χ3v) is 2.10. The van der Waals surface area contributed by atoms with Crippen LogP contribution in [0, 0.1) is 0 Å². The van der Waals surface area contributed by atoms with E-state index in [0.717, 1.165) is 11.5 Å². The van der Waals surface area contributed by atoms with Crippen LogP contribution in [0.1, 0.15) is 6.92 Å². The Morgan fingerprint density at radius 2 is 2.54 bits per heavy atom. The Morgan fingerprint density at radius 1 is 1.69 bits per heavy atom. The van der Waals surface area contributed by atoms with E-state index in [1.807, 2.05) is 19.1 Å². The van der Waals surface area contributed by atoms with Crippen LogP contribution in [0.4, 0.5) is 11.5 Å². The summed E-state index contributed by atoms with van der Waals surface area (Å²) in [6, 6.07) is 3.73. The molecule has 1 N–H and O–H groups in total. The number of carbonyl (C=O) groups excluding carboxylic acids is 1. The van der Waals surface area contributed by atoms with Crippen LogP contribution in [-0.2, 0) is 4.79 Å². The molecule has 1 aliphatic rings. The Bertz CT molecular complexity index is 337. The van der Waals surface area contributed by atoms with Gasteiger partial charge in [-0.15, -0.1) is 0 Å². The predicted octanol–water partition coefficient (Wildman–Crippen LogP) is 0.860. The highest BCUT2D eigenvalue weighted by atomic mass is 16.2. The highest BCUT2D eigenvalue weighted by Gasteiger charge is 2.22. The summed E-state index contributed by atoms with van der Waals surface area (Å²) >= 11 is 0. The van der Waals surface area contributed by atoms with E-state index in [9.17, 15) is 4.79 Å². The summed E-state index contributed by atoms with van der Waals surface area (Å²) < 4.78 is 0. The Morgan fingerprint density at radius 3 is 3.31 bits per heavy atom. The Hall–Kier alpha value is -1.58. The highest BCUT2D eigenvalue weighted by Crippen LogP contribution is 2.25. The van der Waals surface area contributed by atoms with Crippen molar-refractivity contribution in [2.75, 3.05) is 23.3 Å². The van der Waals surface area contributed by atoms with Crippen molar-refractivity contribution in [3.63, 3.8) is 0 Å². The number of hydrogen-bond acceptors (Lipinski definition) is 3. The first-order valence-corrected chi connectivity index (χ1v) is 4.32. The molecule has 4 heteroatoms. The molecule has 68 valence electrons. The van der Waals surface area contributed by atoms with Crippen molar-refractivity contribution in [2.24, 2.45) is 0 Å². The summed E-state index contributed by atoms with van der Waals surface area (Å²) in [6.07, 6.45) is 1.72. The fourth-order valence-corrected chi connectivity index (χ4v) is 1.49. The molecule has 1 aromatic rings. The second kappa shape index (κ2) is 3.05. The molecule has 4 nitrogen and oxygen atoms in total. The first-order chi connectivity index (χ1) is 6.33. The van der Waals surface area contributed by atoms with E-state index >= 15 is 0 Å². The molecule has 2 heterocycles. The highest BCUT2D eigenvalue weighted by molar-refractivity contribution is 6.01. The van der Waals surface area contributed by atoms with Gasteiger partial charge in [0.1, 0.15) is 5.82 Å². The van der Waals surface area contributed by atoms with Crippen molar-refractivity contribution in [3.8, 4) is 0 Å². The number of rotatable bonds is 1. The molecule has 1 amide bonds. The number of nitrogens with one attached hydrogen (secondary N) is 1. The molecule has 0 saturated carbocycles. The van der Waals surface area contributed by atoms with Gasteiger partial charge in [0, 0.05) is 12.7 Å². The van der Waals surface area contributed by atoms with Gasteiger partial charge in [0.2, 0.25) is 5.91 Å². The van der Waals surface area contributed by atoms with Crippen LogP contribution in [0.3, 0.4) is 0 Å². The lowest BCUT2D eigenvalue weighted by Crippen LogP contribution is -2.39. The molecule has 13 heavy (non-hydrogen) atoms. The molecule has 0 spiro atoms. The van der Waals surface area contributed by atoms with Crippen molar-refractivity contribution in [1.29, 1.82) is 0 Å². The number of pyridine rings is 1. The van der Waals surface area contributed by atoms with Crippen molar-refractivity contribution in [1.82, 2.24) is 4.98 Å². The lowest BCUT2D eigenvalue weighted by atomic mass is 10.2. The zero-order valence-electron chi connectivity index (χ0n) is 7.45. The number of amides is 1. The smallest absolute Gasteiger partial charge is 0.246 e. The van der Waals surface area contributed by atoms with E-state index in [1.165, 1.54) is 0 Å². The van der Waals surface area contributed by atoms with Crippen molar-refractivity contribution >= 4 is 17.4 Å². The van der Waals surface area contributed by atoms with Gasteiger partial charge in [0.15, 0.2) is 0 Å². The third-order valence-electron chi connectivity index (χ3n) is 2.10. The average Bonchev–Trinajstić information content (AvgIpc) is 2.18. The van der Waals surface area contributed by atoms with E-state index in [4.69, 9.17) is 0 Å². The van der Waals surface area contributed by atoms with Gasteiger partial charge in [0.05, 0.1) is 12.2 Å². The summed E-state index contributed by atoms with van der Waals surface area (Å²) in [6.45, 7) is 3.00. The molecule has 1 aliphatic heterocycles. The van der Waals surface area contributed by atoms with Crippen molar-refractivity contribution < 1.29 is 4.79 Å². The Labute approximate surface area is 76.6 Å².